The molecule has 0 spiro atoms. The van der Waals surface area contributed by atoms with Gasteiger partial charge >= 0.3 is 5.97 Å². The van der Waals surface area contributed by atoms with Crippen molar-refractivity contribution >= 4 is 39.5 Å². The third kappa shape index (κ3) is 2.98. The number of fused-ring (bicyclic) bond motifs is 3. The molecule has 2 atom stereocenters. The van der Waals surface area contributed by atoms with Crippen molar-refractivity contribution < 1.29 is 23.5 Å². The molecule has 6 nitrogen and oxygen atoms in total. The molecule has 3 aromatic rings. The smallest absolute Gasteiger partial charge is 0.309 e. The zero-order valence-corrected chi connectivity index (χ0v) is 14.6. The summed E-state index contributed by atoms with van der Waals surface area (Å²) in [6.07, 6.45) is 0.830. The zero-order valence-electron chi connectivity index (χ0n) is 14.6. The van der Waals surface area contributed by atoms with Crippen LogP contribution in [0.3, 0.4) is 0 Å². The number of hydrogen-bond acceptors (Lipinski definition) is 5. The molecule has 1 aliphatic carbocycles. The number of benzene rings is 2. The zero-order chi connectivity index (χ0) is 18.3. The summed E-state index contributed by atoms with van der Waals surface area (Å²) in [4.78, 5) is 23.9. The fraction of sp³-hybridized carbons (Fsp3) is 0.300. The monoisotopic (exact) mass is 353 g/mol. The second-order valence-electron chi connectivity index (χ2n) is 6.62. The summed E-state index contributed by atoms with van der Waals surface area (Å²) in [5.74, 6) is 0.0673. The highest BCUT2D eigenvalue weighted by Gasteiger charge is 2.40. The average Bonchev–Trinajstić information content (AvgIpc) is 3.26. The van der Waals surface area contributed by atoms with E-state index in [1.165, 1.54) is 7.11 Å². The Labute approximate surface area is 150 Å². The van der Waals surface area contributed by atoms with Gasteiger partial charge in [0.25, 0.3) is 5.91 Å². The minimum absolute atomic E-state index is 0.0655. The van der Waals surface area contributed by atoms with Gasteiger partial charge in [0.15, 0.2) is 6.61 Å². The highest BCUT2D eigenvalue weighted by Crippen LogP contribution is 2.39. The van der Waals surface area contributed by atoms with Gasteiger partial charge < -0.3 is 19.2 Å². The van der Waals surface area contributed by atoms with Crippen molar-refractivity contribution in [3.05, 3.63) is 36.4 Å². The SMILES string of the molecule is COc1cc2c(cc1NC(=O)COC(=O)[C@@H]1C[C@H]1C)oc1ccccc12. The van der Waals surface area contributed by atoms with Crippen LogP contribution in [-0.2, 0) is 14.3 Å². The number of nitrogens with one attached hydrogen (secondary N) is 1. The van der Waals surface area contributed by atoms with Gasteiger partial charge in [0.1, 0.15) is 16.9 Å². The van der Waals surface area contributed by atoms with Crippen LogP contribution in [0.5, 0.6) is 5.75 Å². The molecule has 0 saturated heterocycles. The standard InChI is InChI=1S/C20H19NO5/c1-11-7-13(11)20(23)25-10-19(22)21-15-9-17-14(8-18(15)24-2)12-5-3-4-6-16(12)26-17/h3-6,8-9,11,13H,7,10H2,1-2H3,(H,21,22)/t11-,13-/m1/s1. The number of furan rings is 1. The summed E-state index contributed by atoms with van der Waals surface area (Å²) >= 11 is 0. The molecule has 0 aliphatic heterocycles. The minimum atomic E-state index is -0.416. The predicted molar refractivity (Wildman–Crippen MR) is 97.1 cm³/mol. The Balaban J connectivity index is 1.54. The molecule has 26 heavy (non-hydrogen) atoms. The molecule has 0 radical (unpaired) electrons. The number of rotatable bonds is 5. The average molecular weight is 353 g/mol. The van der Waals surface area contributed by atoms with Crippen LogP contribution >= 0.6 is 0 Å². The molecule has 1 saturated carbocycles. The van der Waals surface area contributed by atoms with E-state index in [-0.39, 0.29) is 18.5 Å². The molecule has 4 rings (SSSR count). The Kier molecular flexibility index (Phi) is 4.03. The first-order valence-electron chi connectivity index (χ1n) is 8.52. The van der Waals surface area contributed by atoms with Gasteiger partial charge in [-0.3, -0.25) is 9.59 Å². The van der Waals surface area contributed by atoms with Crippen molar-refractivity contribution in [1.82, 2.24) is 0 Å². The van der Waals surface area contributed by atoms with E-state index in [4.69, 9.17) is 13.9 Å². The molecule has 134 valence electrons. The Morgan fingerprint density at radius 1 is 1.19 bits per heavy atom. The summed E-state index contributed by atoms with van der Waals surface area (Å²) in [5.41, 5.74) is 1.88. The minimum Gasteiger partial charge on any atom is -0.495 e. The first kappa shape index (κ1) is 16.4. The van der Waals surface area contributed by atoms with Crippen LogP contribution in [0.4, 0.5) is 5.69 Å². The van der Waals surface area contributed by atoms with E-state index < -0.39 is 5.91 Å². The van der Waals surface area contributed by atoms with Crippen molar-refractivity contribution in [3.8, 4) is 5.75 Å². The number of ether oxygens (including phenoxy) is 2. The lowest BCUT2D eigenvalue weighted by molar-refractivity contribution is -0.148. The predicted octanol–water partition coefficient (Wildman–Crippen LogP) is 3.73. The fourth-order valence-electron chi connectivity index (χ4n) is 3.10. The van der Waals surface area contributed by atoms with Crippen molar-refractivity contribution in [2.75, 3.05) is 19.0 Å². The second-order valence-corrected chi connectivity index (χ2v) is 6.62. The quantitative estimate of drug-likeness (QED) is 0.707. The van der Waals surface area contributed by atoms with Crippen LogP contribution in [0.2, 0.25) is 0 Å². The molecule has 1 aromatic heterocycles. The maximum absolute atomic E-state index is 12.1. The maximum atomic E-state index is 12.1. The third-order valence-electron chi connectivity index (χ3n) is 4.73. The van der Waals surface area contributed by atoms with Crippen LogP contribution in [-0.4, -0.2) is 25.6 Å². The number of esters is 1. The first-order valence-corrected chi connectivity index (χ1v) is 8.52. The number of amides is 1. The normalized spacial score (nSPS) is 18.7. The van der Waals surface area contributed by atoms with Gasteiger partial charge in [-0.15, -0.1) is 0 Å². The van der Waals surface area contributed by atoms with Crippen molar-refractivity contribution in [1.29, 1.82) is 0 Å². The van der Waals surface area contributed by atoms with Gasteiger partial charge in [0.05, 0.1) is 18.7 Å². The number of carbonyl (C=O) groups excluding carboxylic acids is 2. The van der Waals surface area contributed by atoms with Crippen LogP contribution in [0.1, 0.15) is 13.3 Å². The first-order chi connectivity index (χ1) is 12.6. The molecule has 1 amide bonds. The van der Waals surface area contributed by atoms with Gasteiger partial charge in [0, 0.05) is 16.8 Å². The number of methoxy groups -OCH3 is 1. The highest BCUT2D eigenvalue weighted by molar-refractivity contribution is 6.07. The van der Waals surface area contributed by atoms with E-state index in [9.17, 15) is 9.59 Å². The Bertz CT molecular complexity index is 1010. The lowest BCUT2D eigenvalue weighted by Gasteiger charge is -2.10. The van der Waals surface area contributed by atoms with E-state index >= 15 is 0 Å². The maximum Gasteiger partial charge on any atom is 0.309 e. The Hall–Kier alpha value is -3.02. The largest absolute Gasteiger partial charge is 0.495 e. The lowest BCUT2D eigenvalue weighted by Crippen LogP contribution is -2.22. The van der Waals surface area contributed by atoms with E-state index in [0.29, 0.717) is 22.9 Å². The molecule has 1 fully saturated rings. The molecule has 2 aromatic carbocycles. The molecular weight excluding hydrogens is 334 g/mol. The molecule has 0 unspecified atom stereocenters. The molecule has 1 N–H and O–H groups in total. The third-order valence-corrected chi connectivity index (χ3v) is 4.73. The van der Waals surface area contributed by atoms with Crippen molar-refractivity contribution in [2.24, 2.45) is 11.8 Å². The highest BCUT2D eigenvalue weighted by atomic mass is 16.5. The fourth-order valence-corrected chi connectivity index (χ4v) is 3.10. The molecular formula is C20H19NO5. The number of para-hydroxylation sites is 1. The summed E-state index contributed by atoms with van der Waals surface area (Å²) in [6, 6.07) is 11.2. The van der Waals surface area contributed by atoms with Crippen molar-refractivity contribution in [3.63, 3.8) is 0 Å². The van der Waals surface area contributed by atoms with Crippen molar-refractivity contribution in [2.45, 2.75) is 13.3 Å². The Morgan fingerprint density at radius 3 is 2.69 bits per heavy atom. The van der Waals surface area contributed by atoms with E-state index in [1.54, 1.807) is 6.07 Å². The van der Waals surface area contributed by atoms with Crippen LogP contribution in [0.25, 0.3) is 21.9 Å². The summed E-state index contributed by atoms with van der Waals surface area (Å²) < 4.78 is 16.3. The van der Waals surface area contributed by atoms with Gasteiger partial charge in [-0.05, 0) is 24.5 Å². The number of anilines is 1. The van der Waals surface area contributed by atoms with Crippen LogP contribution in [0.15, 0.2) is 40.8 Å². The molecule has 6 heteroatoms. The number of carbonyl (C=O) groups is 2. The number of hydrogen-bond donors (Lipinski definition) is 1. The van der Waals surface area contributed by atoms with E-state index in [1.807, 2.05) is 37.3 Å². The van der Waals surface area contributed by atoms with Gasteiger partial charge in [-0.2, -0.15) is 0 Å². The molecule has 1 aliphatic rings. The van der Waals surface area contributed by atoms with E-state index in [0.717, 1.165) is 22.8 Å². The van der Waals surface area contributed by atoms with Gasteiger partial charge in [-0.1, -0.05) is 25.1 Å². The summed E-state index contributed by atoms with van der Waals surface area (Å²) in [6.45, 7) is 1.67. The van der Waals surface area contributed by atoms with E-state index in [2.05, 4.69) is 5.32 Å². The lowest BCUT2D eigenvalue weighted by atomic mass is 10.1. The van der Waals surface area contributed by atoms with Gasteiger partial charge in [0.2, 0.25) is 0 Å². The summed E-state index contributed by atoms with van der Waals surface area (Å²) in [7, 11) is 1.54. The molecule has 0 bridgehead atoms. The van der Waals surface area contributed by atoms with Crippen LogP contribution < -0.4 is 10.1 Å². The van der Waals surface area contributed by atoms with Gasteiger partial charge in [-0.25, -0.2) is 0 Å². The second kappa shape index (κ2) is 6.37. The Morgan fingerprint density at radius 2 is 1.96 bits per heavy atom. The van der Waals surface area contributed by atoms with Crippen LogP contribution in [0, 0.1) is 11.8 Å². The topological polar surface area (TPSA) is 77.8 Å². The summed E-state index contributed by atoms with van der Waals surface area (Å²) in [5, 5.41) is 4.61. The molecule has 1 heterocycles.